The summed E-state index contributed by atoms with van der Waals surface area (Å²) in [7, 11) is 0. The standard InChI is InChI=1S/C15H22N4/c1-11(2)9-19-15(17-10-18-19)8-14(16)13-6-4-5-12(3)7-13/h4-7,10-11,14H,8-9,16H2,1-3H3. The molecule has 0 bridgehead atoms. The Kier molecular flexibility index (Phi) is 4.32. The summed E-state index contributed by atoms with van der Waals surface area (Å²) in [6.07, 6.45) is 2.33. The number of aryl methyl sites for hydroxylation is 1. The van der Waals surface area contributed by atoms with Crippen molar-refractivity contribution in [3.63, 3.8) is 0 Å². The lowest BCUT2D eigenvalue weighted by molar-refractivity contribution is 0.459. The summed E-state index contributed by atoms with van der Waals surface area (Å²) >= 11 is 0. The van der Waals surface area contributed by atoms with Crippen molar-refractivity contribution >= 4 is 0 Å². The first-order valence-electron chi connectivity index (χ1n) is 6.75. The molecule has 0 spiro atoms. The van der Waals surface area contributed by atoms with Gasteiger partial charge in [-0.15, -0.1) is 0 Å². The molecule has 0 saturated heterocycles. The van der Waals surface area contributed by atoms with Crippen LogP contribution in [0.2, 0.25) is 0 Å². The molecule has 1 unspecified atom stereocenters. The van der Waals surface area contributed by atoms with Crippen LogP contribution >= 0.6 is 0 Å². The molecule has 0 aliphatic carbocycles. The van der Waals surface area contributed by atoms with E-state index in [2.05, 4.69) is 49.1 Å². The van der Waals surface area contributed by atoms with Crippen LogP contribution in [0.15, 0.2) is 30.6 Å². The van der Waals surface area contributed by atoms with E-state index >= 15 is 0 Å². The Labute approximate surface area is 114 Å². The van der Waals surface area contributed by atoms with Gasteiger partial charge in [-0.05, 0) is 18.4 Å². The molecule has 0 radical (unpaired) electrons. The Balaban J connectivity index is 2.10. The van der Waals surface area contributed by atoms with Crippen LogP contribution in [-0.4, -0.2) is 14.8 Å². The highest BCUT2D eigenvalue weighted by atomic mass is 15.3. The molecule has 19 heavy (non-hydrogen) atoms. The van der Waals surface area contributed by atoms with Gasteiger partial charge in [0, 0.05) is 19.0 Å². The van der Waals surface area contributed by atoms with Crippen LogP contribution in [0, 0.1) is 12.8 Å². The third-order valence-corrected chi connectivity index (χ3v) is 3.11. The molecule has 0 fully saturated rings. The van der Waals surface area contributed by atoms with Crippen molar-refractivity contribution in [3.8, 4) is 0 Å². The maximum atomic E-state index is 6.27. The van der Waals surface area contributed by atoms with Crippen LogP contribution in [0.3, 0.4) is 0 Å². The highest BCUT2D eigenvalue weighted by Gasteiger charge is 2.12. The van der Waals surface area contributed by atoms with Crippen molar-refractivity contribution in [3.05, 3.63) is 47.5 Å². The Morgan fingerprint density at radius 3 is 2.79 bits per heavy atom. The van der Waals surface area contributed by atoms with Crippen LogP contribution in [0.5, 0.6) is 0 Å². The van der Waals surface area contributed by atoms with Crippen molar-refractivity contribution in [2.45, 2.75) is 39.8 Å². The predicted molar refractivity (Wildman–Crippen MR) is 76.7 cm³/mol. The fourth-order valence-corrected chi connectivity index (χ4v) is 2.16. The number of hydrogen-bond donors (Lipinski definition) is 1. The minimum atomic E-state index is -0.0324. The number of nitrogens with zero attached hydrogens (tertiary/aromatic N) is 3. The maximum Gasteiger partial charge on any atom is 0.138 e. The number of nitrogens with two attached hydrogens (primary N) is 1. The van der Waals surface area contributed by atoms with Gasteiger partial charge in [-0.1, -0.05) is 43.7 Å². The second kappa shape index (κ2) is 5.97. The van der Waals surface area contributed by atoms with Crippen molar-refractivity contribution in [1.29, 1.82) is 0 Å². The van der Waals surface area contributed by atoms with E-state index in [4.69, 9.17) is 5.73 Å². The minimum absolute atomic E-state index is 0.0324. The SMILES string of the molecule is Cc1cccc(C(N)Cc2ncnn2CC(C)C)c1. The fraction of sp³-hybridized carbons (Fsp3) is 0.467. The summed E-state index contributed by atoms with van der Waals surface area (Å²) in [5.74, 6) is 1.51. The quantitative estimate of drug-likeness (QED) is 0.896. The number of hydrogen-bond acceptors (Lipinski definition) is 3. The zero-order chi connectivity index (χ0) is 13.8. The van der Waals surface area contributed by atoms with Gasteiger partial charge in [0.2, 0.25) is 0 Å². The Morgan fingerprint density at radius 2 is 2.11 bits per heavy atom. The molecular weight excluding hydrogens is 236 g/mol. The van der Waals surface area contributed by atoms with Crippen molar-refractivity contribution in [1.82, 2.24) is 14.8 Å². The van der Waals surface area contributed by atoms with Gasteiger partial charge in [-0.25, -0.2) is 9.67 Å². The van der Waals surface area contributed by atoms with Gasteiger partial charge in [-0.2, -0.15) is 5.10 Å². The lowest BCUT2D eigenvalue weighted by atomic mass is 10.0. The molecule has 1 heterocycles. The molecule has 4 nitrogen and oxygen atoms in total. The highest BCUT2D eigenvalue weighted by molar-refractivity contribution is 5.25. The minimum Gasteiger partial charge on any atom is -0.324 e. The maximum absolute atomic E-state index is 6.27. The fourth-order valence-electron chi connectivity index (χ4n) is 2.16. The lowest BCUT2D eigenvalue weighted by Crippen LogP contribution is -2.18. The molecule has 102 valence electrons. The van der Waals surface area contributed by atoms with Crippen LogP contribution in [0.4, 0.5) is 0 Å². The summed E-state index contributed by atoms with van der Waals surface area (Å²) < 4.78 is 1.96. The van der Waals surface area contributed by atoms with Gasteiger partial charge in [-0.3, -0.25) is 0 Å². The van der Waals surface area contributed by atoms with E-state index in [1.165, 1.54) is 5.56 Å². The van der Waals surface area contributed by atoms with Gasteiger partial charge in [0.1, 0.15) is 12.2 Å². The molecule has 0 saturated carbocycles. The van der Waals surface area contributed by atoms with Gasteiger partial charge >= 0.3 is 0 Å². The topological polar surface area (TPSA) is 56.7 Å². The monoisotopic (exact) mass is 258 g/mol. The van der Waals surface area contributed by atoms with Gasteiger partial charge in [0.15, 0.2) is 0 Å². The van der Waals surface area contributed by atoms with Crippen molar-refractivity contribution < 1.29 is 0 Å². The van der Waals surface area contributed by atoms with E-state index in [-0.39, 0.29) is 6.04 Å². The third kappa shape index (κ3) is 3.64. The molecule has 1 aromatic heterocycles. The van der Waals surface area contributed by atoms with Crippen LogP contribution in [0.1, 0.15) is 36.8 Å². The molecule has 2 rings (SSSR count). The summed E-state index contributed by atoms with van der Waals surface area (Å²) in [6.45, 7) is 7.31. The smallest absolute Gasteiger partial charge is 0.138 e. The van der Waals surface area contributed by atoms with E-state index in [0.29, 0.717) is 5.92 Å². The average Bonchev–Trinajstić information content (AvgIpc) is 2.75. The van der Waals surface area contributed by atoms with E-state index < -0.39 is 0 Å². The molecule has 0 aliphatic rings. The molecule has 1 aromatic carbocycles. The lowest BCUT2D eigenvalue weighted by Gasteiger charge is -2.14. The van der Waals surface area contributed by atoms with Crippen LogP contribution in [0.25, 0.3) is 0 Å². The normalized spacial score (nSPS) is 12.9. The summed E-state index contributed by atoms with van der Waals surface area (Å²) in [6, 6.07) is 8.30. The molecule has 0 aliphatic heterocycles. The number of rotatable bonds is 5. The van der Waals surface area contributed by atoms with Gasteiger partial charge in [0.25, 0.3) is 0 Å². The number of aromatic nitrogens is 3. The zero-order valence-corrected chi connectivity index (χ0v) is 11.9. The van der Waals surface area contributed by atoms with Crippen molar-refractivity contribution in [2.24, 2.45) is 11.7 Å². The van der Waals surface area contributed by atoms with E-state index in [9.17, 15) is 0 Å². The van der Waals surface area contributed by atoms with Crippen LogP contribution in [-0.2, 0) is 13.0 Å². The molecular formula is C15H22N4. The van der Waals surface area contributed by atoms with E-state index in [1.807, 2.05) is 10.7 Å². The zero-order valence-electron chi connectivity index (χ0n) is 11.9. The molecule has 0 amide bonds. The first-order chi connectivity index (χ1) is 9.06. The second-order valence-electron chi connectivity index (χ2n) is 5.48. The largest absolute Gasteiger partial charge is 0.324 e. The first kappa shape index (κ1) is 13.7. The second-order valence-corrected chi connectivity index (χ2v) is 5.48. The van der Waals surface area contributed by atoms with Crippen molar-refractivity contribution in [2.75, 3.05) is 0 Å². The van der Waals surface area contributed by atoms with Gasteiger partial charge < -0.3 is 5.73 Å². The molecule has 4 heteroatoms. The molecule has 1 atom stereocenters. The first-order valence-corrected chi connectivity index (χ1v) is 6.75. The predicted octanol–water partition coefficient (Wildman–Crippen LogP) is 2.49. The highest BCUT2D eigenvalue weighted by Crippen LogP contribution is 2.16. The van der Waals surface area contributed by atoms with E-state index in [0.717, 1.165) is 24.4 Å². The van der Waals surface area contributed by atoms with Gasteiger partial charge in [0.05, 0.1) is 0 Å². The third-order valence-electron chi connectivity index (χ3n) is 3.11. The Morgan fingerprint density at radius 1 is 1.32 bits per heavy atom. The summed E-state index contributed by atoms with van der Waals surface area (Å²) in [5.41, 5.74) is 8.66. The summed E-state index contributed by atoms with van der Waals surface area (Å²) in [4.78, 5) is 4.33. The Hall–Kier alpha value is -1.68. The Bertz CT molecular complexity index is 530. The molecule has 2 N–H and O–H groups in total. The summed E-state index contributed by atoms with van der Waals surface area (Å²) in [5, 5.41) is 4.27. The van der Waals surface area contributed by atoms with E-state index in [1.54, 1.807) is 6.33 Å². The van der Waals surface area contributed by atoms with Crippen LogP contribution < -0.4 is 5.73 Å². The molecule has 2 aromatic rings. The number of benzene rings is 1. The average molecular weight is 258 g/mol.